The van der Waals surface area contributed by atoms with Crippen LogP contribution in [-0.2, 0) is 7.05 Å². The molecular formula is C27H25N2O+. The van der Waals surface area contributed by atoms with E-state index in [1.54, 1.807) is 37.4 Å². The van der Waals surface area contributed by atoms with Crippen LogP contribution in [-0.4, -0.2) is 4.98 Å². The first-order valence-electron chi connectivity index (χ1n) is 12.8. The molecule has 0 N–H and O–H groups in total. The van der Waals surface area contributed by atoms with E-state index in [0.717, 1.165) is 22.0 Å². The van der Waals surface area contributed by atoms with Crippen LogP contribution in [0, 0.1) is 27.6 Å². The Bertz CT molecular complexity index is 1610. The molecule has 5 rings (SSSR count). The van der Waals surface area contributed by atoms with E-state index in [1.807, 2.05) is 49.0 Å². The predicted octanol–water partition coefficient (Wildman–Crippen LogP) is 6.37. The molecule has 0 amide bonds. The highest BCUT2D eigenvalue weighted by molar-refractivity contribution is 6.08. The number of fused-ring (bicyclic) bond motifs is 3. The molecule has 3 heterocycles. The van der Waals surface area contributed by atoms with E-state index in [0.29, 0.717) is 28.0 Å². The lowest BCUT2D eigenvalue weighted by atomic mass is 9.89. The summed E-state index contributed by atoms with van der Waals surface area (Å²) in [5, 5.41) is 0.831. The fourth-order valence-electron chi connectivity index (χ4n) is 4.25. The van der Waals surface area contributed by atoms with E-state index in [-0.39, 0.29) is 16.7 Å². The SMILES string of the molecule is [2H]C([2H])([2H])c1cc(C)cc(C([2H])([2H])[2H])c1-c1ccc[n+](C)c1-c1c(C)ccc2c1oc1cccnc12. The minimum absolute atomic E-state index is 0.0113. The van der Waals surface area contributed by atoms with Gasteiger partial charge in [-0.15, -0.1) is 0 Å². The Balaban J connectivity index is 1.96. The van der Waals surface area contributed by atoms with Crippen LogP contribution in [0.3, 0.4) is 0 Å². The molecular weight excluding hydrogens is 368 g/mol. The predicted molar refractivity (Wildman–Crippen MR) is 123 cm³/mol. The molecule has 0 aliphatic heterocycles. The molecule has 0 bridgehead atoms. The van der Waals surface area contributed by atoms with Crippen molar-refractivity contribution >= 4 is 22.1 Å². The second kappa shape index (κ2) is 6.81. The maximum atomic E-state index is 8.25. The Morgan fingerprint density at radius 1 is 0.933 bits per heavy atom. The van der Waals surface area contributed by atoms with E-state index in [9.17, 15) is 0 Å². The smallest absolute Gasteiger partial charge is 0.224 e. The van der Waals surface area contributed by atoms with Gasteiger partial charge in [0.1, 0.15) is 12.6 Å². The highest BCUT2D eigenvalue weighted by Gasteiger charge is 2.26. The summed E-state index contributed by atoms with van der Waals surface area (Å²) in [6.45, 7) is -1.36. The lowest BCUT2D eigenvalue weighted by Gasteiger charge is -2.15. The number of aryl methyl sites for hydroxylation is 5. The van der Waals surface area contributed by atoms with Gasteiger partial charge in [-0.3, -0.25) is 4.98 Å². The molecule has 0 aliphatic carbocycles. The van der Waals surface area contributed by atoms with Gasteiger partial charge in [-0.25, -0.2) is 4.57 Å². The molecule has 3 aromatic heterocycles. The average Bonchev–Trinajstić information content (AvgIpc) is 3.16. The van der Waals surface area contributed by atoms with Crippen molar-refractivity contribution < 1.29 is 17.2 Å². The van der Waals surface area contributed by atoms with Gasteiger partial charge in [0, 0.05) is 25.9 Å². The van der Waals surface area contributed by atoms with Crippen LogP contribution in [0.4, 0.5) is 0 Å². The summed E-state index contributed by atoms with van der Waals surface area (Å²) in [7, 11) is 1.86. The minimum atomic E-state index is -2.52. The topological polar surface area (TPSA) is 29.9 Å². The van der Waals surface area contributed by atoms with Crippen molar-refractivity contribution in [2.75, 3.05) is 0 Å². The molecule has 0 saturated heterocycles. The fraction of sp³-hybridized carbons (Fsp3) is 0.185. The Morgan fingerprint density at radius 2 is 1.73 bits per heavy atom. The number of furan rings is 1. The number of nitrogens with zero attached hydrogens (tertiary/aromatic N) is 2. The first-order valence-corrected chi connectivity index (χ1v) is 9.80. The zero-order chi connectivity index (χ0) is 26.0. The Hall–Kier alpha value is -3.46. The van der Waals surface area contributed by atoms with Crippen LogP contribution >= 0.6 is 0 Å². The standard InChI is InChI=1S/C27H25N2O/c1-16-14-18(3)23(19(4)15-16)20-8-7-13-29(5)26(20)24-17(2)10-11-21-25-22(30-27(21)24)9-6-12-28-25/h6-15H,1-5H3/q+1/i3D3,4D3. The van der Waals surface area contributed by atoms with Gasteiger partial charge in [0.15, 0.2) is 17.4 Å². The third-order valence-electron chi connectivity index (χ3n) is 5.57. The highest BCUT2D eigenvalue weighted by atomic mass is 16.3. The summed E-state index contributed by atoms with van der Waals surface area (Å²) in [4.78, 5) is 4.49. The molecule has 5 aromatic rings. The maximum absolute atomic E-state index is 8.25. The number of pyridine rings is 2. The number of benzene rings is 2. The lowest BCUT2D eigenvalue weighted by Crippen LogP contribution is -2.31. The summed E-state index contributed by atoms with van der Waals surface area (Å²) < 4.78 is 57.7. The second-order valence-electron chi connectivity index (χ2n) is 7.70. The van der Waals surface area contributed by atoms with Crippen molar-refractivity contribution in [3.05, 3.63) is 83.2 Å². The van der Waals surface area contributed by atoms with E-state index >= 15 is 0 Å². The normalized spacial score (nSPS) is 15.3. The van der Waals surface area contributed by atoms with Gasteiger partial charge in [-0.05, 0) is 74.1 Å². The molecule has 0 aliphatic rings. The zero-order valence-electron chi connectivity index (χ0n) is 23.1. The Morgan fingerprint density at radius 3 is 2.50 bits per heavy atom. The average molecular weight is 400 g/mol. The van der Waals surface area contributed by atoms with E-state index < -0.39 is 13.7 Å². The summed E-state index contributed by atoms with van der Waals surface area (Å²) in [6, 6.07) is 14.3. The molecule has 0 atom stereocenters. The zero-order valence-corrected chi connectivity index (χ0v) is 17.1. The maximum Gasteiger partial charge on any atom is 0.224 e. The van der Waals surface area contributed by atoms with Crippen molar-refractivity contribution in [2.24, 2.45) is 7.05 Å². The third-order valence-corrected chi connectivity index (χ3v) is 5.57. The first kappa shape index (κ1) is 13.0. The number of aromatic nitrogens is 2. The van der Waals surface area contributed by atoms with Crippen molar-refractivity contribution in [1.82, 2.24) is 4.98 Å². The number of hydrogen-bond donors (Lipinski definition) is 0. The van der Waals surface area contributed by atoms with Crippen molar-refractivity contribution in [3.63, 3.8) is 0 Å². The van der Waals surface area contributed by atoms with Crippen LogP contribution in [0.15, 0.2) is 65.3 Å². The minimum Gasteiger partial charge on any atom is -0.453 e. The van der Waals surface area contributed by atoms with Gasteiger partial charge in [0.05, 0.1) is 11.1 Å². The van der Waals surface area contributed by atoms with Gasteiger partial charge < -0.3 is 4.42 Å². The van der Waals surface area contributed by atoms with Crippen LogP contribution in [0.25, 0.3) is 44.5 Å². The van der Waals surface area contributed by atoms with Crippen LogP contribution in [0.2, 0.25) is 0 Å². The van der Waals surface area contributed by atoms with Crippen molar-refractivity contribution in [3.8, 4) is 22.4 Å². The molecule has 0 fully saturated rings. The molecule has 0 unspecified atom stereocenters. The lowest BCUT2D eigenvalue weighted by molar-refractivity contribution is -0.659. The monoisotopic (exact) mass is 399 g/mol. The van der Waals surface area contributed by atoms with Gasteiger partial charge in [0.2, 0.25) is 5.69 Å². The second-order valence-corrected chi connectivity index (χ2v) is 7.70. The van der Waals surface area contributed by atoms with Gasteiger partial charge in [-0.1, -0.05) is 23.8 Å². The molecule has 0 spiro atoms. The van der Waals surface area contributed by atoms with E-state index in [1.165, 1.54) is 0 Å². The van der Waals surface area contributed by atoms with Gasteiger partial charge in [-0.2, -0.15) is 0 Å². The van der Waals surface area contributed by atoms with Gasteiger partial charge in [0.25, 0.3) is 0 Å². The molecule has 3 nitrogen and oxygen atoms in total. The van der Waals surface area contributed by atoms with Crippen LogP contribution < -0.4 is 4.57 Å². The molecule has 2 aromatic carbocycles. The van der Waals surface area contributed by atoms with Crippen molar-refractivity contribution in [1.29, 1.82) is 0 Å². The summed E-state index contributed by atoms with van der Waals surface area (Å²) in [5.74, 6) is 0. The highest BCUT2D eigenvalue weighted by Crippen LogP contribution is 2.41. The van der Waals surface area contributed by atoms with Gasteiger partial charge >= 0.3 is 0 Å². The quantitative estimate of drug-likeness (QED) is 0.323. The molecule has 3 heteroatoms. The molecule has 30 heavy (non-hydrogen) atoms. The summed E-state index contributed by atoms with van der Waals surface area (Å²) >= 11 is 0. The molecule has 148 valence electrons. The summed E-state index contributed by atoms with van der Waals surface area (Å²) in [6.07, 6.45) is 3.57. The largest absolute Gasteiger partial charge is 0.453 e. The van der Waals surface area contributed by atoms with Crippen LogP contribution in [0.1, 0.15) is 30.5 Å². The van der Waals surface area contributed by atoms with E-state index in [4.69, 9.17) is 12.6 Å². The molecule has 0 radical (unpaired) electrons. The summed E-state index contributed by atoms with van der Waals surface area (Å²) in [5.41, 5.74) is 5.65. The van der Waals surface area contributed by atoms with E-state index in [2.05, 4.69) is 4.98 Å². The molecule has 0 saturated carbocycles. The first-order chi connectivity index (χ1) is 16.9. The van der Waals surface area contributed by atoms with Crippen LogP contribution in [0.5, 0.6) is 0 Å². The third kappa shape index (κ3) is 2.73. The Labute approximate surface area is 185 Å². The fourth-order valence-corrected chi connectivity index (χ4v) is 4.25. The number of hydrogen-bond acceptors (Lipinski definition) is 2. The van der Waals surface area contributed by atoms with Crippen molar-refractivity contribution in [2.45, 2.75) is 27.6 Å². The number of rotatable bonds is 2. The Kier molecular flexibility index (Phi) is 2.94.